The van der Waals surface area contributed by atoms with Gasteiger partial charge in [-0.05, 0) is 95.7 Å². The number of para-hydroxylation sites is 4. The fraction of sp³-hybridized carbons (Fsp3) is 0. The van der Waals surface area contributed by atoms with Gasteiger partial charge in [0.05, 0.1) is 22.1 Å². The lowest BCUT2D eigenvalue weighted by Gasteiger charge is -2.25. The molecule has 3 heteroatoms. The van der Waals surface area contributed by atoms with Crippen molar-refractivity contribution in [3.8, 4) is 11.4 Å². The number of nitrogens with zero attached hydrogens (tertiary/aromatic N) is 3. The number of hydrogen-bond donors (Lipinski definition) is 0. The molecule has 2 aromatic heterocycles. The molecule has 8 aromatic carbocycles. The Morgan fingerprint density at radius 1 is 0.306 bits per heavy atom. The molecule has 0 aliphatic carbocycles. The summed E-state index contributed by atoms with van der Waals surface area (Å²) < 4.78 is 4.85. The van der Waals surface area contributed by atoms with Crippen molar-refractivity contribution in [3.05, 3.63) is 188 Å². The molecule has 0 amide bonds. The third kappa shape index (κ3) is 4.29. The molecule has 0 saturated carbocycles. The molecule has 0 N–H and O–H groups in total. The maximum atomic E-state index is 2.45. The van der Waals surface area contributed by atoms with E-state index in [0.717, 1.165) is 28.4 Å². The van der Waals surface area contributed by atoms with E-state index >= 15 is 0 Å². The summed E-state index contributed by atoms with van der Waals surface area (Å²) in [6.45, 7) is 0. The van der Waals surface area contributed by atoms with Crippen molar-refractivity contribution in [1.29, 1.82) is 0 Å². The number of fused-ring (bicyclic) bond motifs is 8. The van der Waals surface area contributed by atoms with Crippen molar-refractivity contribution < 1.29 is 0 Å². The molecule has 0 radical (unpaired) electrons. The van der Waals surface area contributed by atoms with E-state index in [9.17, 15) is 0 Å². The van der Waals surface area contributed by atoms with Crippen LogP contribution in [0.1, 0.15) is 0 Å². The van der Waals surface area contributed by atoms with Gasteiger partial charge in [0.25, 0.3) is 0 Å². The summed E-state index contributed by atoms with van der Waals surface area (Å²) in [5.41, 5.74) is 10.4. The molecule has 3 nitrogen and oxygen atoms in total. The highest BCUT2D eigenvalue weighted by atomic mass is 15.1. The molecule has 0 aliphatic heterocycles. The van der Waals surface area contributed by atoms with Crippen LogP contribution in [0.5, 0.6) is 0 Å². The molecule has 0 fully saturated rings. The Hall–Kier alpha value is -6.58. The van der Waals surface area contributed by atoms with Gasteiger partial charge < -0.3 is 14.0 Å². The van der Waals surface area contributed by atoms with E-state index in [1.165, 1.54) is 54.4 Å². The van der Waals surface area contributed by atoms with Crippen molar-refractivity contribution in [2.75, 3.05) is 4.90 Å². The maximum Gasteiger partial charge on any atom is 0.0562 e. The summed E-state index contributed by atoms with van der Waals surface area (Å²) >= 11 is 0. The van der Waals surface area contributed by atoms with Gasteiger partial charge in [-0.3, -0.25) is 0 Å². The molecule has 0 unspecified atom stereocenters. The summed E-state index contributed by atoms with van der Waals surface area (Å²) in [4.78, 5) is 2.31. The molecule has 0 atom stereocenters. The van der Waals surface area contributed by atoms with Crippen LogP contribution in [0.15, 0.2) is 188 Å². The van der Waals surface area contributed by atoms with E-state index < -0.39 is 0 Å². The Kier molecular flexibility index (Phi) is 6.18. The zero-order chi connectivity index (χ0) is 32.3. The van der Waals surface area contributed by atoms with Gasteiger partial charge in [0, 0.05) is 50.0 Å². The fourth-order valence-corrected chi connectivity index (χ4v) is 7.73. The number of benzene rings is 8. The van der Waals surface area contributed by atoms with Gasteiger partial charge in [0.1, 0.15) is 0 Å². The van der Waals surface area contributed by atoms with E-state index in [-0.39, 0.29) is 0 Å². The number of aromatic nitrogens is 2. The number of hydrogen-bond acceptors (Lipinski definition) is 1. The maximum absolute atomic E-state index is 2.45. The Labute approximate surface area is 284 Å². The summed E-state index contributed by atoms with van der Waals surface area (Å²) in [5.74, 6) is 0. The van der Waals surface area contributed by atoms with Crippen LogP contribution in [0.2, 0.25) is 0 Å². The van der Waals surface area contributed by atoms with Crippen molar-refractivity contribution in [3.63, 3.8) is 0 Å². The number of anilines is 3. The van der Waals surface area contributed by atoms with Crippen LogP contribution in [0.4, 0.5) is 17.1 Å². The predicted molar refractivity (Wildman–Crippen MR) is 207 cm³/mol. The van der Waals surface area contributed by atoms with Gasteiger partial charge in [-0.2, -0.15) is 0 Å². The quantitative estimate of drug-likeness (QED) is 0.185. The average molecular weight is 626 g/mol. The molecule has 10 rings (SSSR count). The zero-order valence-electron chi connectivity index (χ0n) is 26.7. The lowest BCUT2D eigenvalue weighted by atomic mass is 10.0. The van der Waals surface area contributed by atoms with Crippen molar-refractivity contribution in [2.24, 2.45) is 0 Å². The highest BCUT2D eigenvalue weighted by Crippen LogP contribution is 2.42. The number of rotatable bonds is 5. The molecule has 49 heavy (non-hydrogen) atoms. The van der Waals surface area contributed by atoms with Crippen LogP contribution in [0.25, 0.3) is 65.8 Å². The largest absolute Gasteiger partial charge is 0.311 e. The standard InChI is InChI=1S/C46H31N3/c1-4-15-33(16-5-1)47(34-17-6-2-7-18-34)36-25-27-37(28-26-36)49-43-29-24-32-14-10-11-21-38(32)46(43)41-30-40-39-22-12-13-23-42(39)48(44(40)31-45(41)49)35-19-8-3-9-20-35/h1-31H. The van der Waals surface area contributed by atoms with Crippen molar-refractivity contribution in [1.82, 2.24) is 9.13 Å². The molecule has 0 aliphatic rings. The third-order valence-electron chi connectivity index (χ3n) is 9.86. The molecule has 0 bridgehead atoms. The smallest absolute Gasteiger partial charge is 0.0562 e. The summed E-state index contributed by atoms with van der Waals surface area (Å²) in [6.07, 6.45) is 0. The normalized spacial score (nSPS) is 11.7. The van der Waals surface area contributed by atoms with Gasteiger partial charge >= 0.3 is 0 Å². The molecular formula is C46H31N3. The van der Waals surface area contributed by atoms with Crippen LogP contribution in [0.3, 0.4) is 0 Å². The van der Waals surface area contributed by atoms with Crippen LogP contribution in [0, 0.1) is 0 Å². The summed E-state index contributed by atoms with van der Waals surface area (Å²) in [5, 5.41) is 7.58. The fourth-order valence-electron chi connectivity index (χ4n) is 7.73. The van der Waals surface area contributed by atoms with Gasteiger partial charge in [0.2, 0.25) is 0 Å². The summed E-state index contributed by atoms with van der Waals surface area (Å²) in [6, 6.07) is 67.8. The Morgan fingerprint density at radius 2 is 0.837 bits per heavy atom. The minimum atomic E-state index is 1.11. The first-order chi connectivity index (χ1) is 24.3. The van der Waals surface area contributed by atoms with Crippen LogP contribution in [-0.2, 0) is 0 Å². The minimum absolute atomic E-state index is 1.11. The predicted octanol–water partition coefficient (Wildman–Crippen LogP) is 12.5. The van der Waals surface area contributed by atoms with Gasteiger partial charge in [-0.15, -0.1) is 0 Å². The highest BCUT2D eigenvalue weighted by molar-refractivity contribution is 6.25. The van der Waals surface area contributed by atoms with Crippen LogP contribution >= 0.6 is 0 Å². The second-order valence-electron chi connectivity index (χ2n) is 12.6. The Morgan fingerprint density at radius 3 is 1.55 bits per heavy atom. The Bertz CT molecular complexity index is 2750. The molecule has 2 heterocycles. The highest BCUT2D eigenvalue weighted by Gasteiger charge is 2.20. The van der Waals surface area contributed by atoms with E-state index in [2.05, 4.69) is 202 Å². The second kappa shape index (κ2) is 11.0. The first kappa shape index (κ1) is 27.5. The lowest BCUT2D eigenvalue weighted by Crippen LogP contribution is -2.09. The lowest BCUT2D eigenvalue weighted by molar-refractivity contribution is 1.16. The second-order valence-corrected chi connectivity index (χ2v) is 12.6. The molecule has 10 aromatic rings. The van der Waals surface area contributed by atoms with Crippen LogP contribution in [-0.4, -0.2) is 9.13 Å². The van der Waals surface area contributed by atoms with Gasteiger partial charge in [0.15, 0.2) is 0 Å². The van der Waals surface area contributed by atoms with E-state index in [0.29, 0.717) is 0 Å². The van der Waals surface area contributed by atoms with Gasteiger partial charge in [-0.1, -0.05) is 103 Å². The van der Waals surface area contributed by atoms with Crippen molar-refractivity contribution >= 4 is 71.4 Å². The molecule has 0 saturated heterocycles. The SMILES string of the molecule is c1ccc(N(c2ccccc2)c2ccc(-n3c4cc5c(cc4c4c6ccccc6ccc43)c3ccccc3n5-c3ccccc3)cc2)cc1. The molecule has 0 spiro atoms. The molecular weight excluding hydrogens is 595 g/mol. The van der Waals surface area contributed by atoms with Crippen LogP contribution < -0.4 is 4.90 Å². The molecule has 230 valence electrons. The first-order valence-corrected chi connectivity index (χ1v) is 16.8. The average Bonchev–Trinajstić information content (AvgIpc) is 3.68. The Balaban J connectivity index is 1.26. The first-order valence-electron chi connectivity index (χ1n) is 16.8. The van der Waals surface area contributed by atoms with E-state index in [4.69, 9.17) is 0 Å². The van der Waals surface area contributed by atoms with E-state index in [1.54, 1.807) is 0 Å². The topological polar surface area (TPSA) is 13.1 Å². The van der Waals surface area contributed by atoms with Crippen molar-refractivity contribution in [2.45, 2.75) is 0 Å². The summed E-state index contributed by atoms with van der Waals surface area (Å²) in [7, 11) is 0. The minimum Gasteiger partial charge on any atom is -0.311 e. The monoisotopic (exact) mass is 625 g/mol. The van der Waals surface area contributed by atoms with Gasteiger partial charge in [-0.25, -0.2) is 0 Å². The zero-order valence-corrected chi connectivity index (χ0v) is 26.7. The third-order valence-corrected chi connectivity index (χ3v) is 9.86. The van der Waals surface area contributed by atoms with E-state index in [1.807, 2.05) is 0 Å².